The molecule has 1 aromatic heterocycles. The topological polar surface area (TPSA) is 39.7 Å². The summed E-state index contributed by atoms with van der Waals surface area (Å²) in [6.07, 6.45) is 2.61. The molecule has 2 aromatic rings. The van der Waals surface area contributed by atoms with Gasteiger partial charge in [-0.15, -0.1) is 11.3 Å². The first-order chi connectivity index (χ1) is 10.3. The third-order valence-corrected chi connectivity index (χ3v) is 5.15. The molecule has 5 heteroatoms. The van der Waals surface area contributed by atoms with Crippen LogP contribution in [0.5, 0.6) is 11.5 Å². The Hall–Kier alpha value is -1.30. The van der Waals surface area contributed by atoms with Crippen molar-refractivity contribution in [3.63, 3.8) is 0 Å². The van der Waals surface area contributed by atoms with E-state index in [-0.39, 0.29) is 0 Å². The van der Waals surface area contributed by atoms with E-state index >= 15 is 0 Å². The molecule has 112 valence electrons. The molecule has 0 amide bonds. The summed E-state index contributed by atoms with van der Waals surface area (Å²) < 4.78 is 18.0. The Morgan fingerprint density at radius 3 is 2.71 bits per heavy atom. The lowest BCUT2D eigenvalue weighted by molar-refractivity contribution is 0.172. The Balaban J connectivity index is 1.74. The van der Waals surface area contributed by atoms with Crippen LogP contribution in [0.3, 0.4) is 0 Å². The van der Waals surface area contributed by atoms with Crippen LogP contribution in [-0.2, 0) is 17.9 Å². The van der Waals surface area contributed by atoms with E-state index in [1.54, 1.807) is 7.11 Å². The summed E-state index contributed by atoms with van der Waals surface area (Å²) >= 11 is 1.83. The molecule has 4 rings (SSSR count). The lowest BCUT2D eigenvalue weighted by Crippen LogP contribution is -2.15. The van der Waals surface area contributed by atoms with Crippen molar-refractivity contribution in [1.82, 2.24) is 5.32 Å². The molecule has 0 saturated heterocycles. The van der Waals surface area contributed by atoms with Crippen LogP contribution in [0.2, 0.25) is 0 Å². The molecule has 1 aliphatic carbocycles. The minimum atomic E-state index is 0.623. The molecular formula is C16H19NO3S. The smallest absolute Gasteiger partial charge is 0.162 e. The number of benzene rings is 1. The Morgan fingerprint density at radius 2 is 2.00 bits per heavy atom. The second kappa shape index (κ2) is 5.48. The fourth-order valence-corrected chi connectivity index (χ4v) is 3.88. The Labute approximate surface area is 128 Å². The van der Waals surface area contributed by atoms with E-state index in [0.29, 0.717) is 25.9 Å². The summed E-state index contributed by atoms with van der Waals surface area (Å²) in [6, 6.07) is 4.93. The van der Waals surface area contributed by atoms with Crippen LogP contribution in [0.25, 0.3) is 10.1 Å². The van der Waals surface area contributed by atoms with E-state index in [4.69, 9.17) is 14.2 Å². The van der Waals surface area contributed by atoms with Gasteiger partial charge in [-0.2, -0.15) is 0 Å². The van der Waals surface area contributed by atoms with E-state index in [2.05, 4.69) is 17.4 Å². The molecule has 2 heterocycles. The van der Waals surface area contributed by atoms with Crippen molar-refractivity contribution in [1.29, 1.82) is 0 Å². The van der Waals surface area contributed by atoms with Gasteiger partial charge in [0.1, 0.15) is 13.2 Å². The van der Waals surface area contributed by atoms with Gasteiger partial charge in [0.15, 0.2) is 11.5 Å². The van der Waals surface area contributed by atoms with Gasteiger partial charge in [-0.1, -0.05) is 0 Å². The van der Waals surface area contributed by atoms with Gasteiger partial charge in [-0.3, -0.25) is 0 Å². The van der Waals surface area contributed by atoms with E-state index in [1.165, 1.54) is 33.4 Å². The molecule has 0 atom stereocenters. The quantitative estimate of drug-likeness (QED) is 0.921. The highest BCUT2D eigenvalue weighted by molar-refractivity contribution is 7.19. The zero-order valence-corrected chi connectivity index (χ0v) is 12.9. The van der Waals surface area contributed by atoms with Crippen molar-refractivity contribution in [2.24, 2.45) is 0 Å². The Bertz CT molecular complexity index is 663. The van der Waals surface area contributed by atoms with Gasteiger partial charge in [0, 0.05) is 46.3 Å². The fraction of sp³-hybridized carbons (Fsp3) is 0.500. The molecular weight excluding hydrogens is 286 g/mol. The summed E-state index contributed by atoms with van der Waals surface area (Å²) in [6.45, 7) is 2.82. The molecule has 1 saturated carbocycles. The molecule has 1 fully saturated rings. The largest absolute Gasteiger partial charge is 0.486 e. The molecule has 0 unspecified atom stereocenters. The van der Waals surface area contributed by atoms with Crippen molar-refractivity contribution < 1.29 is 14.2 Å². The molecule has 1 aliphatic heterocycles. The summed E-state index contributed by atoms with van der Waals surface area (Å²) in [4.78, 5) is 1.36. The Kier molecular flexibility index (Phi) is 3.49. The molecule has 0 spiro atoms. The van der Waals surface area contributed by atoms with Crippen LogP contribution in [0.15, 0.2) is 12.1 Å². The van der Waals surface area contributed by atoms with Crippen LogP contribution >= 0.6 is 11.3 Å². The maximum atomic E-state index is 5.71. The van der Waals surface area contributed by atoms with Crippen molar-refractivity contribution >= 4 is 21.4 Å². The van der Waals surface area contributed by atoms with E-state index in [1.807, 2.05) is 11.3 Å². The van der Waals surface area contributed by atoms with E-state index in [9.17, 15) is 0 Å². The summed E-state index contributed by atoms with van der Waals surface area (Å²) in [5.41, 5.74) is 1.28. The lowest BCUT2D eigenvalue weighted by Gasteiger charge is -2.18. The first-order valence-electron chi connectivity index (χ1n) is 7.41. The lowest BCUT2D eigenvalue weighted by atomic mass is 10.1. The second-order valence-corrected chi connectivity index (χ2v) is 6.72. The number of thiophene rings is 1. The van der Waals surface area contributed by atoms with Crippen molar-refractivity contribution in [2.75, 3.05) is 20.3 Å². The normalized spacial score (nSPS) is 17.4. The van der Waals surface area contributed by atoms with Crippen molar-refractivity contribution in [3.05, 3.63) is 22.6 Å². The predicted molar refractivity (Wildman–Crippen MR) is 83.4 cm³/mol. The molecule has 4 nitrogen and oxygen atoms in total. The van der Waals surface area contributed by atoms with Crippen molar-refractivity contribution in [2.45, 2.75) is 32.0 Å². The standard InChI is InChI=1S/C16H19NO3S/c1-18-9-12-11-6-13-14(20-5-4-19-13)7-15(11)21-16(12)8-17-10-2-3-10/h6-7,10,17H,2-5,8-9H2,1H3. The maximum absolute atomic E-state index is 5.71. The van der Waals surface area contributed by atoms with Crippen LogP contribution in [0.4, 0.5) is 0 Å². The number of ether oxygens (including phenoxy) is 3. The fourth-order valence-electron chi connectivity index (χ4n) is 2.70. The van der Waals surface area contributed by atoms with Crippen LogP contribution in [0, 0.1) is 0 Å². The van der Waals surface area contributed by atoms with E-state index in [0.717, 1.165) is 18.0 Å². The first-order valence-corrected chi connectivity index (χ1v) is 8.23. The average Bonchev–Trinajstić information content (AvgIpc) is 3.28. The average molecular weight is 305 g/mol. The molecule has 2 aliphatic rings. The van der Waals surface area contributed by atoms with Gasteiger partial charge in [0.2, 0.25) is 0 Å². The molecule has 0 bridgehead atoms. The van der Waals surface area contributed by atoms with Crippen molar-refractivity contribution in [3.8, 4) is 11.5 Å². The minimum Gasteiger partial charge on any atom is -0.486 e. The summed E-state index contributed by atoms with van der Waals surface area (Å²) in [5.74, 6) is 1.71. The number of rotatable bonds is 5. The van der Waals surface area contributed by atoms with Gasteiger partial charge >= 0.3 is 0 Å². The molecule has 0 radical (unpaired) electrons. The van der Waals surface area contributed by atoms with Gasteiger partial charge in [0.25, 0.3) is 0 Å². The third-order valence-electron chi connectivity index (χ3n) is 3.96. The molecule has 21 heavy (non-hydrogen) atoms. The minimum absolute atomic E-state index is 0.623. The number of nitrogens with one attached hydrogen (secondary N) is 1. The highest BCUT2D eigenvalue weighted by atomic mass is 32.1. The Morgan fingerprint density at radius 1 is 1.24 bits per heavy atom. The van der Waals surface area contributed by atoms with Gasteiger partial charge in [0.05, 0.1) is 6.61 Å². The summed E-state index contributed by atoms with van der Waals surface area (Å²) in [7, 11) is 1.75. The second-order valence-electron chi connectivity index (χ2n) is 5.58. The monoisotopic (exact) mass is 305 g/mol. The number of hydrogen-bond donors (Lipinski definition) is 1. The predicted octanol–water partition coefficient (Wildman–Crippen LogP) is 3.07. The SMILES string of the molecule is COCc1c(CNC2CC2)sc2cc3c(cc12)OCCO3. The van der Waals surface area contributed by atoms with Crippen LogP contribution < -0.4 is 14.8 Å². The zero-order chi connectivity index (χ0) is 14.2. The van der Waals surface area contributed by atoms with Gasteiger partial charge in [-0.05, 0) is 18.9 Å². The zero-order valence-electron chi connectivity index (χ0n) is 12.1. The first kappa shape index (κ1) is 13.4. The van der Waals surface area contributed by atoms with Crippen LogP contribution in [0.1, 0.15) is 23.3 Å². The van der Waals surface area contributed by atoms with Gasteiger partial charge in [-0.25, -0.2) is 0 Å². The maximum Gasteiger partial charge on any atom is 0.162 e. The third kappa shape index (κ3) is 2.61. The van der Waals surface area contributed by atoms with Crippen LogP contribution in [-0.4, -0.2) is 26.4 Å². The molecule has 1 aromatic carbocycles. The number of hydrogen-bond acceptors (Lipinski definition) is 5. The van der Waals surface area contributed by atoms with Gasteiger partial charge < -0.3 is 19.5 Å². The highest BCUT2D eigenvalue weighted by Crippen LogP contribution is 2.41. The van der Waals surface area contributed by atoms with E-state index < -0.39 is 0 Å². The highest BCUT2D eigenvalue weighted by Gasteiger charge is 2.22. The number of methoxy groups -OCH3 is 1. The summed E-state index contributed by atoms with van der Waals surface area (Å²) in [5, 5.41) is 4.83. The number of fused-ring (bicyclic) bond motifs is 2. The molecule has 1 N–H and O–H groups in total.